The lowest BCUT2D eigenvalue weighted by molar-refractivity contribution is 0.625. The monoisotopic (exact) mass is 251 g/mol. The van der Waals surface area contributed by atoms with Crippen molar-refractivity contribution in [2.45, 2.75) is 6.54 Å². The fourth-order valence-electron chi connectivity index (χ4n) is 1.45. The number of rotatable bonds is 4. The van der Waals surface area contributed by atoms with Crippen LogP contribution in [0.15, 0.2) is 24.3 Å². The number of nitrogens with zero attached hydrogens (tertiary/aromatic N) is 4. The van der Waals surface area contributed by atoms with E-state index in [1.165, 1.54) is 0 Å². The molecule has 0 fully saturated rings. The Labute approximate surface area is 101 Å². The Morgan fingerprint density at radius 2 is 2.29 bits per heavy atom. The SMILES string of the molecule is CS(=O)CCn1nnnc1-c1cccc(N)c1. The van der Waals surface area contributed by atoms with Gasteiger partial charge in [0.2, 0.25) is 0 Å². The molecule has 1 atom stereocenters. The number of nitrogens with two attached hydrogens (primary N) is 1. The number of anilines is 1. The lowest BCUT2D eigenvalue weighted by Crippen LogP contribution is -2.09. The Bertz CT molecular complexity index is 539. The average Bonchev–Trinajstić information content (AvgIpc) is 2.74. The molecule has 0 aliphatic carbocycles. The maximum Gasteiger partial charge on any atom is 0.182 e. The first-order valence-corrected chi connectivity index (χ1v) is 6.81. The van der Waals surface area contributed by atoms with Gasteiger partial charge in [0.25, 0.3) is 0 Å². The van der Waals surface area contributed by atoms with Crippen LogP contribution < -0.4 is 5.73 Å². The van der Waals surface area contributed by atoms with Crippen LogP contribution in [0.4, 0.5) is 5.69 Å². The highest BCUT2D eigenvalue weighted by molar-refractivity contribution is 7.84. The number of tetrazole rings is 1. The lowest BCUT2D eigenvalue weighted by Gasteiger charge is -2.03. The van der Waals surface area contributed by atoms with Crippen LogP contribution in [-0.4, -0.2) is 36.4 Å². The maximum atomic E-state index is 11.1. The Morgan fingerprint density at radius 1 is 1.47 bits per heavy atom. The Kier molecular flexibility index (Phi) is 3.48. The summed E-state index contributed by atoms with van der Waals surface area (Å²) in [7, 11) is -0.860. The first kappa shape index (κ1) is 11.7. The van der Waals surface area contributed by atoms with E-state index in [1.54, 1.807) is 17.0 Å². The van der Waals surface area contributed by atoms with Crippen molar-refractivity contribution in [2.75, 3.05) is 17.7 Å². The van der Waals surface area contributed by atoms with Gasteiger partial charge >= 0.3 is 0 Å². The van der Waals surface area contributed by atoms with Gasteiger partial charge in [0.15, 0.2) is 5.82 Å². The molecule has 1 aromatic heterocycles. The third-order valence-corrected chi connectivity index (χ3v) is 3.02. The van der Waals surface area contributed by atoms with E-state index in [0.29, 0.717) is 23.8 Å². The topological polar surface area (TPSA) is 86.7 Å². The molecule has 0 bridgehead atoms. The number of benzene rings is 1. The molecule has 0 saturated heterocycles. The standard InChI is InChI=1S/C10H13N5OS/c1-17(16)6-5-15-10(12-13-14-15)8-3-2-4-9(11)7-8/h2-4,7H,5-6,11H2,1H3. The van der Waals surface area contributed by atoms with E-state index in [-0.39, 0.29) is 0 Å². The highest BCUT2D eigenvalue weighted by Crippen LogP contribution is 2.18. The van der Waals surface area contributed by atoms with Gasteiger partial charge in [-0.2, -0.15) is 0 Å². The molecule has 1 unspecified atom stereocenters. The summed E-state index contributed by atoms with van der Waals surface area (Å²) in [6.07, 6.45) is 1.66. The van der Waals surface area contributed by atoms with Crippen LogP contribution >= 0.6 is 0 Å². The number of aromatic nitrogens is 4. The third-order valence-electron chi connectivity index (χ3n) is 2.27. The van der Waals surface area contributed by atoms with Crippen molar-refractivity contribution >= 4 is 16.5 Å². The van der Waals surface area contributed by atoms with Gasteiger partial charge in [0, 0.05) is 34.1 Å². The molecule has 7 heteroatoms. The first-order chi connectivity index (χ1) is 8.16. The molecule has 0 spiro atoms. The van der Waals surface area contributed by atoms with Crippen molar-refractivity contribution in [3.63, 3.8) is 0 Å². The number of hydrogen-bond donors (Lipinski definition) is 1. The molecular weight excluding hydrogens is 238 g/mol. The number of nitrogen functional groups attached to an aromatic ring is 1. The molecule has 1 heterocycles. The second kappa shape index (κ2) is 5.05. The largest absolute Gasteiger partial charge is 0.399 e. The molecule has 6 nitrogen and oxygen atoms in total. The molecule has 2 rings (SSSR count). The van der Waals surface area contributed by atoms with E-state index < -0.39 is 10.8 Å². The van der Waals surface area contributed by atoms with Crippen molar-refractivity contribution in [3.05, 3.63) is 24.3 Å². The first-order valence-electron chi connectivity index (χ1n) is 5.09. The highest BCUT2D eigenvalue weighted by atomic mass is 32.2. The van der Waals surface area contributed by atoms with Gasteiger partial charge in [0.1, 0.15) is 0 Å². The molecule has 1 aromatic carbocycles. The Morgan fingerprint density at radius 3 is 3.00 bits per heavy atom. The zero-order chi connectivity index (χ0) is 12.3. The van der Waals surface area contributed by atoms with Gasteiger partial charge in [-0.05, 0) is 22.6 Å². The summed E-state index contributed by atoms with van der Waals surface area (Å²) >= 11 is 0. The average molecular weight is 251 g/mol. The second-order valence-electron chi connectivity index (χ2n) is 3.63. The molecule has 17 heavy (non-hydrogen) atoms. The summed E-state index contributed by atoms with van der Waals surface area (Å²) in [5, 5.41) is 11.5. The Balaban J connectivity index is 2.27. The van der Waals surface area contributed by atoms with E-state index >= 15 is 0 Å². The van der Waals surface area contributed by atoms with Gasteiger partial charge < -0.3 is 5.73 Å². The molecule has 0 amide bonds. The van der Waals surface area contributed by atoms with E-state index in [0.717, 1.165) is 5.56 Å². The quantitative estimate of drug-likeness (QED) is 0.790. The minimum absolute atomic E-state index is 0.528. The minimum Gasteiger partial charge on any atom is -0.399 e. The van der Waals surface area contributed by atoms with Crippen molar-refractivity contribution in [2.24, 2.45) is 0 Å². The summed E-state index contributed by atoms with van der Waals surface area (Å²) in [6, 6.07) is 7.35. The molecule has 0 radical (unpaired) electrons. The summed E-state index contributed by atoms with van der Waals surface area (Å²) in [5.74, 6) is 1.17. The van der Waals surface area contributed by atoms with Crippen LogP contribution in [0, 0.1) is 0 Å². The van der Waals surface area contributed by atoms with Gasteiger partial charge in [-0.1, -0.05) is 12.1 Å². The highest BCUT2D eigenvalue weighted by Gasteiger charge is 2.09. The van der Waals surface area contributed by atoms with E-state index in [2.05, 4.69) is 15.5 Å². The van der Waals surface area contributed by atoms with Crippen molar-refractivity contribution in [3.8, 4) is 11.4 Å². The third kappa shape index (κ3) is 2.88. The fraction of sp³-hybridized carbons (Fsp3) is 0.300. The van der Waals surface area contributed by atoms with Gasteiger partial charge in [-0.25, -0.2) is 4.68 Å². The lowest BCUT2D eigenvalue weighted by atomic mass is 10.2. The van der Waals surface area contributed by atoms with Crippen molar-refractivity contribution < 1.29 is 4.21 Å². The van der Waals surface area contributed by atoms with E-state index in [4.69, 9.17) is 5.73 Å². The van der Waals surface area contributed by atoms with Crippen LogP contribution in [0.25, 0.3) is 11.4 Å². The smallest absolute Gasteiger partial charge is 0.182 e. The molecule has 0 aliphatic heterocycles. The van der Waals surface area contributed by atoms with Crippen LogP contribution in [0.1, 0.15) is 0 Å². The van der Waals surface area contributed by atoms with Gasteiger partial charge in [0.05, 0.1) is 6.54 Å². The van der Waals surface area contributed by atoms with E-state index in [1.807, 2.05) is 18.2 Å². The summed E-state index contributed by atoms with van der Waals surface area (Å²) in [6.45, 7) is 0.528. The molecule has 90 valence electrons. The van der Waals surface area contributed by atoms with Crippen molar-refractivity contribution in [1.82, 2.24) is 20.2 Å². The second-order valence-corrected chi connectivity index (χ2v) is 5.18. The van der Waals surface area contributed by atoms with Gasteiger partial charge in [-0.15, -0.1) is 5.10 Å². The van der Waals surface area contributed by atoms with Crippen LogP contribution in [0.5, 0.6) is 0 Å². The number of aryl methyl sites for hydroxylation is 1. The maximum absolute atomic E-state index is 11.1. The minimum atomic E-state index is -0.860. The van der Waals surface area contributed by atoms with Crippen LogP contribution in [-0.2, 0) is 17.3 Å². The molecular formula is C10H13N5OS. The summed E-state index contributed by atoms with van der Waals surface area (Å²) in [5.41, 5.74) is 7.23. The summed E-state index contributed by atoms with van der Waals surface area (Å²) in [4.78, 5) is 0. The predicted octanol–water partition coefficient (Wildman–Crippen LogP) is 0.301. The molecule has 2 aromatic rings. The molecule has 0 saturated carbocycles. The van der Waals surface area contributed by atoms with Crippen LogP contribution in [0.2, 0.25) is 0 Å². The van der Waals surface area contributed by atoms with Crippen molar-refractivity contribution in [1.29, 1.82) is 0 Å². The van der Waals surface area contributed by atoms with E-state index in [9.17, 15) is 4.21 Å². The molecule has 0 aliphatic rings. The normalized spacial score (nSPS) is 12.5. The zero-order valence-corrected chi connectivity index (χ0v) is 10.2. The Hall–Kier alpha value is -1.76. The fourth-order valence-corrected chi connectivity index (χ4v) is 1.88. The van der Waals surface area contributed by atoms with Gasteiger partial charge in [-0.3, -0.25) is 4.21 Å². The zero-order valence-electron chi connectivity index (χ0n) is 9.41. The van der Waals surface area contributed by atoms with Crippen LogP contribution in [0.3, 0.4) is 0 Å². The summed E-state index contributed by atoms with van der Waals surface area (Å²) < 4.78 is 12.7. The number of hydrogen-bond acceptors (Lipinski definition) is 5. The predicted molar refractivity (Wildman–Crippen MR) is 66.6 cm³/mol. The molecule has 2 N–H and O–H groups in total.